The lowest BCUT2D eigenvalue weighted by atomic mass is 10.1. The normalized spacial score (nSPS) is 9.85. The van der Waals surface area contributed by atoms with Crippen molar-refractivity contribution in [1.29, 1.82) is 0 Å². The molecule has 1 aromatic heterocycles. The first kappa shape index (κ1) is 7.73. The summed E-state index contributed by atoms with van der Waals surface area (Å²) in [6.07, 6.45) is 4.82. The monoisotopic (exact) mass is 172 g/mol. The molecule has 3 nitrogen and oxygen atoms in total. The van der Waals surface area contributed by atoms with Gasteiger partial charge in [0, 0.05) is 18.0 Å². The van der Waals surface area contributed by atoms with Crippen molar-refractivity contribution < 1.29 is 5.11 Å². The third-order valence-corrected chi connectivity index (χ3v) is 1.74. The number of hydrogen-bond donors (Lipinski definition) is 1. The van der Waals surface area contributed by atoms with E-state index in [9.17, 15) is 5.11 Å². The zero-order valence-corrected chi connectivity index (χ0v) is 6.88. The Morgan fingerprint density at radius 2 is 1.92 bits per heavy atom. The first-order valence-electron chi connectivity index (χ1n) is 3.92. The van der Waals surface area contributed by atoms with Gasteiger partial charge in [0.2, 0.25) is 0 Å². The van der Waals surface area contributed by atoms with E-state index in [0.29, 0.717) is 11.3 Å². The van der Waals surface area contributed by atoms with Gasteiger partial charge >= 0.3 is 0 Å². The van der Waals surface area contributed by atoms with Crippen molar-refractivity contribution in [3.63, 3.8) is 0 Å². The second-order valence-electron chi connectivity index (χ2n) is 2.61. The number of para-hydroxylation sites is 1. The van der Waals surface area contributed by atoms with Gasteiger partial charge in [-0.05, 0) is 12.1 Å². The van der Waals surface area contributed by atoms with Crippen LogP contribution in [0.4, 0.5) is 0 Å². The molecular weight excluding hydrogens is 164 g/mol. The summed E-state index contributed by atoms with van der Waals surface area (Å²) in [7, 11) is 0. The van der Waals surface area contributed by atoms with E-state index in [0.717, 1.165) is 0 Å². The number of hydrogen-bond acceptors (Lipinski definition) is 3. The van der Waals surface area contributed by atoms with E-state index in [1.165, 1.54) is 0 Å². The van der Waals surface area contributed by atoms with Gasteiger partial charge in [-0.25, -0.2) is 0 Å². The van der Waals surface area contributed by atoms with E-state index in [4.69, 9.17) is 0 Å². The SMILES string of the molecule is Oc1ccccc1-c1cnccn1. The molecule has 1 heterocycles. The predicted octanol–water partition coefficient (Wildman–Crippen LogP) is 1.85. The van der Waals surface area contributed by atoms with Crippen molar-refractivity contribution in [3.8, 4) is 17.0 Å². The maximum Gasteiger partial charge on any atom is 0.125 e. The Morgan fingerprint density at radius 3 is 2.62 bits per heavy atom. The van der Waals surface area contributed by atoms with Crippen molar-refractivity contribution in [3.05, 3.63) is 42.9 Å². The quantitative estimate of drug-likeness (QED) is 0.714. The summed E-state index contributed by atoms with van der Waals surface area (Å²) in [6.45, 7) is 0. The van der Waals surface area contributed by atoms with Crippen LogP contribution in [0.2, 0.25) is 0 Å². The van der Waals surface area contributed by atoms with Crippen LogP contribution in [-0.4, -0.2) is 15.1 Å². The van der Waals surface area contributed by atoms with Gasteiger partial charge in [0.25, 0.3) is 0 Å². The lowest BCUT2D eigenvalue weighted by Gasteiger charge is -2.01. The zero-order chi connectivity index (χ0) is 9.10. The van der Waals surface area contributed by atoms with Crippen molar-refractivity contribution >= 4 is 0 Å². The van der Waals surface area contributed by atoms with E-state index >= 15 is 0 Å². The molecule has 2 rings (SSSR count). The summed E-state index contributed by atoms with van der Waals surface area (Å²) in [5.74, 6) is 0.225. The molecular formula is C10H8N2O. The molecule has 0 aliphatic rings. The molecule has 0 radical (unpaired) electrons. The Labute approximate surface area is 75.7 Å². The third kappa shape index (κ3) is 1.49. The Bertz CT molecular complexity index is 401. The topological polar surface area (TPSA) is 46.0 Å². The van der Waals surface area contributed by atoms with Crippen molar-refractivity contribution in [2.75, 3.05) is 0 Å². The van der Waals surface area contributed by atoms with Crippen molar-refractivity contribution in [2.24, 2.45) is 0 Å². The maximum atomic E-state index is 9.50. The smallest absolute Gasteiger partial charge is 0.125 e. The van der Waals surface area contributed by atoms with E-state index in [1.807, 2.05) is 6.07 Å². The van der Waals surface area contributed by atoms with Gasteiger partial charge in [-0.2, -0.15) is 0 Å². The second-order valence-corrected chi connectivity index (χ2v) is 2.61. The van der Waals surface area contributed by atoms with Gasteiger partial charge in [-0.15, -0.1) is 0 Å². The summed E-state index contributed by atoms with van der Waals surface area (Å²) in [5.41, 5.74) is 1.39. The zero-order valence-electron chi connectivity index (χ0n) is 6.88. The summed E-state index contributed by atoms with van der Waals surface area (Å²) in [6, 6.07) is 7.06. The van der Waals surface area contributed by atoms with Gasteiger partial charge in [-0.3, -0.25) is 9.97 Å². The highest BCUT2D eigenvalue weighted by Gasteiger charge is 2.02. The number of rotatable bonds is 1. The minimum atomic E-state index is 0.225. The van der Waals surface area contributed by atoms with E-state index < -0.39 is 0 Å². The molecule has 0 saturated heterocycles. The summed E-state index contributed by atoms with van der Waals surface area (Å²) in [4.78, 5) is 8.02. The molecule has 0 aliphatic heterocycles. The maximum absolute atomic E-state index is 9.50. The summed E-state index contributed by atoms with van der Waals surface area (Å²) in [5, 5.41) is 9.50. The molecule has 0 unspecified atom stereocenters. The average Bonchev–Trinajstić information content (AvgIpc) is 2.20. The largest absolute Gasteiger partial charge is 0.507 e. The number of aromatic nitrogens is 2. The number of phenols is 1. The standard InChI is InChI=1S/C10H8N2O/c13-10-4-2-1-3-8(10)9-7-11-5-6-12-9/h1-7,13H. The molecule has 2 aromatic rings. The minimum absolute atomic E-state index is 0.225. The Hall–Kier alpha value is -1.90. The van der Waals surface area contributed by atoms with Crippen LogP contribution in [0.5, 0.6) is 5.75 Å². The van der Waals surface area contributed by atoms with Crippen LogP contribution in [0.3, 0.4) is 0 Å². The molecule has 0 saturated carbocycles. The van der Waals surface area contributed by atoms with Crippen LogP contribution in [0, 0.1) is 0 Å². The summed E-state index contributed by atoms with van der Waals surface area (Å²) < 4.78 is 0. The lowest BCUT2D eigenvalue weighted by molar-refractivity contribution is 0.477. The minimum Gasteiger partial charge on any atom is -0.507 e. The van der Waals surface area contributed by atoms with Gasteiger partial charge in [0.15, 0.2) is 0 Å². The Morgan fingerprint density at radius 1 is 1.08 bits per heavy atom. The van der Waals surface area contributed by atoms with Gasteiger partial charge in [-0.1, -0.05) is 12.1 Å². The average molecular weight is 172 g/mol. The highest BCUT2D eigenvalue weighted by molar-refractivity contribution is 5.65. The first-order chi connectivity index (χ1) is 6.38. The molecule has 0 atom stereocenters. The molecule has 64 valence electrons. The number of benzene rings is 1. The van der Waals surface area contributed by atoms with Crippen LogP contribution in [0.1, 0.15) is 0 Å². The van der Waals surface area contributed by atoms with Gasteiger partial charge in [0.05, 0.1) is 11.9 Å². The summed E-state index contributed by atoms with van der Waals surface area (Å²) >= 11 is 0. The van der Waals surface area contributed by atoms with Gasteiger partial charge in [0.1, 0.15) is 5.75 Å². The fourth-order valence-corrected chi connectivity index (χ4v) is 1.13. The number of aromatic hydroxyl groups is 1. The number of phenolic OH excluding ortho intramolecular Hbond substituents is 1. The molecule has 1 N–H and O–H groups in total. The van der Waals surface area contributed by atoms with E-state index in [1.54, 1.807) is 36.8 Å². The fraction of sp³-hybridized carbons (Fsp3) is 0. The third-order valence-electron chi connectivity index (χ3n) is 1.74. The second kappa shape index (κ2) is 3.23. The van der Waals surface area contributed by atoms with Crippen molar-refractivity contribution in [2.45, 2.75) is 0 Å². The molecule has 0 fully saturated rings. The van der Waals surface area contributed by atoms with E-state index in [-0.39, 0.29) is 5.75 Å². The van der Waals surface area contributed by atoms with Crippen LogP contribution in [0.15, 0.2) is 42.9 Å². The van der Waals surface area contributed by atoms with Crippen molar-refractivity contribution in [1.82, 2.24) is 9.97 Å². The van der Waals surface area contributed by atoms with Crippen LogP contribution in [-0.2, 0) is 0 Å². The molecule has 0 bridgehead atoms. The number of nitrogens with zero attached hydrogens (tertiary/aromatic N) is 2. The van der Waals surface area contributed by atoms with Crippen LogP contribution >= 0.6 is 0 Å². The molecule has 0 amide bonds. The Kier molecular flexibility index (Phi) is 1.92. The van der Waals surface area contributed by atoms with Gasteiger partial charge < -0.3 is 5.11 Å². The molecule has 13 heavy (non-hydrogen) atoms. The molecule has 1 aromatic carbocycles. The van der Waals surface area contributed by atoms with Crippen LogP contribution < -0.4 is 0 Å². The predicted molar refractivity (Wildman–Crippen MR) is 49.1 cm³/mol. The highest BCUT2D eigenvalue weighted by Crippen LogP contribution is 2.25. The molecule has 3 heteroatoms. The molecule has 0 spiro atoms. The van der Waals surface area contributed by atoms with Crippen LogP contribution in [0.25, 0.3) is 11.3 Å². The fourth-order valence-electron chi connectivity index (χ4n) is 1.13. The Balaban J connectivity index is 2.54. The van der Waals surface area contributed by atoms with E-state index in [2.05, 4.69) is 9.97 Å². The highest BCUT2D eigenvalue weighted by atomic mass is 16.3. The molecule has 0 aliphatic carbocycles. The first-order valence-corrected chi connectivity index (χ1v) is 3.92. The lowest BCUT2D eigenvalue weighted by Crippen LogP contribution is -1.83.